The second-order valence-electron chi connectivity index (χ2n) is 3.00. The molecule has 7 nitrogen and oxygen atoms in total. The number of hydrogen-bond acceptors (Lipinski definition) is 4. The van der Waals surface area contributed by atoms with Gasteiger partial charge in [-0.1, -0.05) is 0 Å². The van der Waals surface area contributed by atoms with Gasteiger partial charge in [-0.05, 0) is 12.1 Å². The van der Waals surface area contributed by atoms with Gasteiger partial charge in [0.05, 0.1) is 5.69 Å². The lowest BCUT2D eigenvalue weighted by atomic mass is 10.2. The average Bonchev–Trinajstić information content (AvgIpc) is 2.28. The molecule has 0 spiro atoms. The van der Waals surface area contributed by atoms with Crippen LogP contribution in [0.1, 0.15) is 16.1 Å². The highest BCUT2D eigenvalue weighted by Crippen LogP contribution is 2.09. The summed E-state index contributed by atoms with van der Waals surface area (Å²) in [7, 11) is 1.47. The first-order valence-corrected chi connectivity index (χ1v) is 4.56. The normalized spacial score (nSPS) is 9.62. The molecular weight excluding hydrogens is 210 g/mol. The van der Waals surface area contributed by atoms with Crippen molar-refractivity contribution in [2.45, 2.75) is 6.54 Å². The highest BCUT2D eigenvalue weighted by molar-refractivity contribution is 5.95. The third-order valence-corrected chi connectivity index (χ3v) is 1.84. The Hall–Kier alpha value is -2.15. The molecule has 0 aromatic carbocycles. The molecule has 0 radical (unpaired) electrons. The minimum absolute atomic E-state index is 0.156. The monoisotopic (exact) mass is 223 g/mol. The highest BCUT2D eigenvalue weighted by Gasteiger charge is 2.07. The van der Waals surface area contributed by atoms with Crippen molar-refractivity contribution in [1.82, 2.24) is 10.3 Å². The van der Waals surface area contributed by atoms with Crippen LogP contribution in [0.4, 0.5) is 10.6 Å². The van der Waals surface area contributed by atoms with Gasteiger partial charge >= 0.3 is 6.03 Å². The van der Waals surface area contributed by atoms with E-state index in [9.17, 15) is 9.59 Å². The van der Waals surface area contributed by atoms with Gasteiger partial charge in [-0.2, -0.15) is 0 Å². The molecule has 16 heavy (non-hydrogen) atoms. The number of amides is 3. The van der Waals surface area contributed by atoms with Gasteiger partial charge in [-0.15, -0.1) is 0 Å². The SMILES string of the molecule is CNC(=O)Nc1cc(C(N)=O)cc(CN)n1. The van der Waals surface area contributed by atoms with Crippen LogP contribution >= 0.6 is 0 Å². The van der Waals surface area contributed by atoms with Crippen molar-refractivity contribution in [2.75, 3.05) is 12.4 Å². The number of nitrogens with zero attached hydrogens (tertiary/aromatic N) is 1. The Morgan fingerprint density at radius 2 is 2.12 bits per heavy atom. The molecule has 0 unspecified atom stereocenters. The molecule has 6 N–H and O–H groups in total. The fourth-order valence-corrected chi connectivity index (χ4v) is 1.08. The Kier molecular flexibility index (Phi) is 3.78. The van der Waals surface area contributed by atoms with E-state index in [0.29, 0.717) is 5.69 Å². The van der Waals surface area contributed by atoms with Gasteiger partial charge in [-0.25, -0.2) is 9.78 Å². The van der Waals surface area contributed by atoms with E-state index >= 15 is 0 Å². The van der Waals surface area contributed by atoms with E-state index in [4.69, 9.17) is 11.5 Å². The molecule has 1 rings (SSSR count). The second-order valence-corrected chi connectivity index (χ2v) is 3.00. The number of urea groups is 1. The maximum Gasteiger partial charge on any atom is 0.320 e. The average molecular weight is 223 g/mol. The zero-order valence-electron chi connectivity index (χ0n) is 8.78. The van der Waals surface area contributed by atoms with Crippen LogP contribution < -0.4 is 22.1 Å². The topological polar surface area (TPSA) is 123 Å². The van der Waals surface area contributed by atoms with Gasteiger partial charge in [-0.3, -0.25) is 10.1 Å². The number of pyridine rings is 1. The second kappa shape index (κ2) is 5.08. The standard InChI is InChI=1S/C9H13N5O2/c1-12-9(16)14-7-3-5(8(11)15)2-6(4-10)13-7/h2-3H,4,10H2,1H3,(H2,11,15)(H2,12,13,14,16). The Morgan fingerprint density at radius 1 is 1.44 bits per heavy atom. The molecule has 1 aromatic rings. The van der Waals surface area contributed by atoms with Crippen LogP contribution in [-0.4, -0.2) is 24.0 Å². The molecule has 0 saturated carbocycles. The predicted octanol–water partition coefficient (Wildman–Crippen LogP) is -0.609. The maximum atomic E-state index is 11.1. The van der Waals surface area contributed by atoms with Crippen LogP contribution in [0.15, 0.2) is 12.1 Å². The van der Waals surface area contributed by atoms with Crippen molar-refractivity contribution in [2.24, 2.45) is 11.5 Å². The van der Waals surface area contributed by atoms with Crippen molar-refractivity contribution in [3.63, 3.8) is 0 Å². The summed E-state index contributed by atoms with van der Waals surface area (Å²) in [4.78, 5) is 26.1. The lowest BCUT2D eigenvalue weighted by Crippen LogP contribution is -2.25. The molecule has 1 heterocycles. The first-order valence-electron chi connectivity index (χ1n) is 4.56. The van der Waals surface area contributed by atoms with Crippen LogP contribution in [0.3, 0.4) is 0 Å². The van der Waals surface area contributed by atoms with Gasteiger partial charge in [0.25, 0.3) is 0 Å². The summed E-state index contributed by atoms with van der Waals surface area (Å²) >= 11 is 0. The Morgan fingerprint density at radius 3 is 2.62 bits per heavy atom. The van der Waals surface area contributed by atoms with Gasteiger partial charge in [0.2, 0.25) is 5.91 Å². The first kappa shape index (κ1) is 11.9. The van der Waals surface area contributed by atoms with Crippen molar-refractivity contribution >= 4 is 17.8 Å². The van der Waals surface area contributed by atoms with Crippen molar-refractivity contribution in [3.8, 4) is 0 Å². The summed E-state index contributed by atoms with van der Waals surface area (Å²) in [5.41, 5.74) is 11.3. The lowest BCUT2D eigenvalue weighted by molar-refractivity contribution is 0.1000. The Balaban J connectivity index is 3.04. The summed E-state index contributed by atoms with van der Waals surface area (Å²) in [6.07, 6.45) is 0. The molecule has 7 heteroatoms. The Bertz CT molecular complexity index is 418. The summed E-state index contributed by atoms with van der Waals surface area (Å²) < 4.78 is 0. The van der Waals surface area contributed by atoms with Crippen LogP contribution in [0, 0.1) is 0 Å². The summed E-state index contributed by atoms with van der Waals surface area (Å²) in [6, 6.07) is 2.44. The molecule has 3 amide bonds. The third-order valence-electron chi connectivity index (χ3n) is 1.84. The number of primary amides is 1. The molecule has 0 saturated heterocycles. The number of aromatic nitrogens is 1. The minimum atomic E-state index is -0.600. The quantitative estimate of drug-likeness (QED) is 0.545. The molecule has 0 atom stereocenters. The van der Waals surface area contributed by atoms with E-state index < -0.39 is 11.9 Å². The van der Waals surface area contributed by atoms with Crippen LogP contribution in [0.2, 0.25) is 0 Å². The van der Waals surface area contributed by atoms with Crippen LogP contribution in [0.25, 0.3) is 0 Å². The highest BCUT2D eigenvalue weighted by atomic mass is 16.2. The van der Waals surface area contributed by atoms with Crippen molar-refractivity contribution < 1.29 is 9.59 Å². The van der Waals surface area contributed by atoms with Gasteiger partial charge < -0.3 is 16.8 Å². The predicted molar refractivity (Wildman–Crippen MR) is 58.7 cm³/mol. The third kappa shape index (κ3) is 2.92. The largest absolute Gasteiger partial charge is 0.366 e. The lowest BCUT2D eigenvalue weighted by Gasteiger charge is -2.07. The Labute approximate surface area is 92.2 Å². The number of nitrogens with one attached hydrogen (secondary N) is 2. The fourth-order valence-electron chi connectivity index (χ4n) is 1.08. The van der Waals surface area contributed by atoms with Crippen LogP contribution in [-0.2, 0) is 6.54 Å². The molecule has 1 aromatic heterocycles. The molecular formula is C9H13N5O2. The molecule has 0 aliphatic carbocycles. The summed E-state index contributed by atoms with van der Waals surface area (Å²) in [5.74, 6) is -0.367. The number of anilines is 1. The minimum Gasteiger partial charge on any atom is -0.366 e. The van der Waals surface area contributed by atoms with Gasteiger partial charge in [0, 0.05) is 19.2 Å². The number of nitrogens with two attached hydrogens (primary N) is 2. The smallest absolute Gasteiger partial charge is 0.320 e. The maximum absolute atomic E-state index is 11.1. The van der Waals surface area contributed by atoms with E-state index in [-0.39, 0.29) is 17.9 Å². The molecule has 86 valence electrons. The van der Waals surface area contributed by atoms with E-state index in [1.807, 2.05) is 0 Å². The zero-order valence-corrected chi connectivity index (χ0v) is 8.78. The molecule has 0 aliphatic rings. The van der Waals surface area contributed by atoms with Crippen molar-refractivity contribution in [3.05, 3.63) is 23.4 Å². The van der Waals surface area contributed by atoms with Crippen LogP contribution in [0.5, 0.6) is 0 Å². The fraction of sp³-hybridized carbons (Fsp3) is 0.222. The molecule has 0 aliphatic heterocycles. The first-order chi connectivity index (χ1) is 7.56. The van der Waals surface area contributed by atoms with Gasteiger partial charge in [0.1, 0.15) is 5.82 Å². The van der Waals surface area contributed by atoms with E-state index in [0.717, 1.165) is 0 Å². The van der Waals surface area contributed by atoms with Gasteiger partial charge in [0.15, 0.2) is 0 Å². The van der Waals surface area contributed by atoms with E-state index in [1.165, 1.54) is 19.2 Å². The van der Waals surface area contributed by atoms with E-state index in [1.54, 1.807) is 0 Å². The van der Waals surface area contributed by atoms with E-state index in [2.05, 4.69) is 15.6 Å². The number of carbonyl (C=O) groups excluding carboxylic acids is 2. The molecule has 0 bridgehead atoms. The summed E-state index contributed by atoms with van der Waals surface area (Å²) in [5, 5.41) is 4.80. The number of hydrogen-bond donors (Lipinski definition) is 4. The summed E-state index contributed by atoms with van der Waals surface area (Å²) in [6.45, 7) is 0.156. The zero-order chi connectivity index (χ0) is 12.1. The van der Waals surface area contributed by atoms with Crippen molar-refractivity contribution in [1.29, 1.82) is 0 Å². The number of rotatable bonds is 3. The number of carbonyl (C=O) groups is 2. The molecule has 0 fully saturated rings.